The average Bonchev–Trinajstić information content (AvgIpc) is 2.54. The molecule has 0 bridgehead atoms. The minimum Gasteiger partial charge on any atom is -0.497 e. The fourth-order valence-corrected chi connectivity index (χ4v) is 1.98. The van der Waals surface area contributed by atoms with Gasteiger partial charge in [-0.1, -0.05) is 6.07 Å². The van der Waals surface area contributed by atoms with Crippen LogP contribution in [0.1, 0.15) is 21.5 Å². The van der Waals surface area contributed by atoms with E-state index in [1.165, 1.54) is 11.1 Å². The number of rotatable bonds is 7. The van der Waals surface area contributed by atoms with Gasteiger partial charge in [0, 0.05) is 6.07 Å². The van der Waals surface area contributed by atoms with Crippen LogP contribution in [-0.2, 0) is 0 Å². The van der Waals surface area contributed by atoms with Crippen LogP contribution in [0, 0.1) is 13.8 Å². The smallest absolute Gasteiger partial charge is 0.153 e. The largest absolute Gasteiger partial charge is 0.497 e. The first kappa shape index (κ1) is 15.9. The molecule has 0 N–H and O–H groups in total. The van der Waals surface area contributed by atoms with Crippen LogP contribution in [0.5, 0.6) is 17.2 Å². The number of benzene rings is 2. The molecule has 0 saturated carbocycles. The molecule has 0 aliphatic heterocycles. The van der Waals surface area contributed by atoms with E-state index in [4.69, 9.17) is 14.2 Å². The van der Waals surface area contributed by atoms with E-state index in [9.17, 15) is 4.79 Å². The first-order chi connectivity index (χ1) is 10.6. The summed E-state index contributed by atoms with van der Waals surface area (Å²) in [5.74, 6) is 1.96. The Bertz CT molecular complexity index is 650. The molecule has 4 heteroatoms. The summed E-state index contributed by atoms with van der Waals surface area (Å²) >= 11 is 0. The van der Waals surface area contributed by atoms with E-state index in [1.807, 2.05) is 25.1 Å². The molecule has 22 heavy (non-hydrogen) atoms. The maximum Gasteiger partial charge on any atom is 0.153 e. The number of aldehydes is 1. The lowest BCUT2D eigenvalue weighted by Gasteiger charge is -2.11. The summed E-state index contributed by atoms with van der Waals surface area (Å²) in [5.41, 5.74) is 2.91. The number of hydrogen-bond donors (Lipinski definition) is 0. The van der Waals surface area contributed by atoms with Crippen molar-refractivity contribution in [1.29, 1.82) is 0 Å². The Kier molecular flexibility index (Phi) is 5.42. The molecule has 0 saturated heterocycles. The topological polar surface area (TPSA) is 44.8 Å². The van der Waals surface area contributed by atoms with Crippen molar-refractivity contribution in [2.45, 2.75) is 13.8 Å². The number of ether oxygens (including phenoxy) is 3. The lowest BCUT2D eigenvalue weighted by molar-refractivity contribution is 0.111. The third-order valence-corrected chi connectivity index (χ3v) is 3.44. The van der Waals surface area contributed by atoms with Crippen LogP contribution in [0.15, 0.2) is 36.4 Å². The second-order valence-corrected chi connectivity index (χ2v) is 4.96. The van der Waals surface area contributed by atoms with Crippen LogP contribution < -0.4 is 14.2 Å². The molecule has 2 aromatic carbocycles. The highest BCUT2D eigenvalue weighted by Gasteiger charge is 2.05. The predicted molar refractivity (Wildman–Crippen MR) is 85.3 cm³/mol. The lowest BCUT2D eigenvalue weighted by Crippen LogP contribution is -2.10. The third-order valence-electron chi connectivity index (χ3n) is 3.44. The quantitative estimate of drug-likeness (QED) is 0.579. The van der Waals surface area contributed by atoms with Gasteiger partial charge in [-0.2, -0.15) is 0 Å². The predicted octanol–water partition coefficient (Wildman–Crippen LogP) is 3.58. The molecule has 0 fully saturated rings. The molecule has 0 unspecified atom stereocenters. The van der Waals surface area contributed by atoms with Crippen LogP contribution in [0.3, 0.4) is 0 Å². The molecule has 116 valence electrons. The maximum atomic E-state index is 11.0. The number of hydrogen-bond acceptors (Lipinski definition) is 4. The Morgan fingerprint density at radius 3 is 2.32 bits per heavy atom. The molecule has 2 aromatic rings. The van der Waals surface area contributed by atoms with Crippen LogP contribution >= 0.6 is 0 Å². The van der Waals surface area contributed by atoms with Crippen molar-refractivity contribution >= 4 is 6.29 Å². The minimum absolute atomic E-state index is 0.348. The zero-order chi connectivity index (χ0) is 15.9. The second-order valence-electron chi connectivity index (χ2n) is 4.96. The molecular weight excluding hydrogens is 280 g/mol. The van der Waals surface area contributed by atoms with Gasteiger partial charge in [0.15, 0.2) is 6.29 Å². The highest BCUT2D eigenvalue weighted by Crippen LogP contribution is 2.23. The van der Waals surface area contributed by atoms with Gasteiger partial charge in [-0.3, -0.25) is 4.79 Å². The highest BCUT2D eigenvalue weighted by atomic mass is 16.5. The first-order valence-corrected chi connectivity index (χ1v) is 7.10. The van der Waals surface area contributed by atoms with Crippen molar-refractivity contribution in [2.75, 3.05) is 20.3 Å². The molecule has 0 aromatic heterocycles. The van der Waals surface area contributed by atoms with Gasteiger partial charge >= 0.3 is 0 Å². The van der Waals surface area contributed by atoms with E-state index >= 15 is 0 Å². The van der Waals surface area contributed by atoms with E-state index in [-0.39, 0.29) is 0 Å². The minimum atomic E-state index is 0.348. The Labute approximate surface area is 130 Å². The van der Waals surface area contributed by atoms with Gasteiger partial charge in [-0.25, -0.2) is 0 Å². The van der Waals surface area contributed by atoms with Gasteiger partial charge in [-0.05, 0) is 49.2 Å². The maximum absolute atomic E-state index is 11.0. The van der Waals surface area contributed by atoms with Crippen LogP contribution in [0.25, 0.3) is 0 Å². The van der Waals surface area contributed by atoms with Gasteiger partial charge in [0.05, 0.1) is 12.7 Å². The molecule has 2 rings (SSSR count). The molecule has 0 radical (unpaired) electrons. The molecule has 0 amide bonds. The molecule has 0 heterocycles. The number of methoxy groups -OCH3 is 1. The van der Waals surface area contributed by atoms with Crippen LogP contribution in [0.4, 0.5) is 0 Å². The summed E-state index contributed by atoms with van der Waals surface area (Å²) in [6.07, 6.45) is 0.763. The zero-order valence-corrected chi connectivity index (χ0v) is 13.1. The molecule has 4 nitrogen and oxygen atoms in total. The SMILES string of the molecule is COc1ccc(C=O)c(OCCOc2ccc(C)c(C)c2)c1. The summed E-state index contributed by atoms with van der Waals surface area (Å²) in [4.78, 5) is 11.0. The Hall–Kier alpha value is -2.49. The summed E-state index contributed by atoms with van der Waals surface area (Å²) < 4.78 is 16.4. The fourth-order valence-electron chi connectivity index (χ4n) is 1.98. The summed E-state index contributed by atoms with van der Waals surface area (Å²) in [6, 6.07) is 11.0. The van der Waals surface area contributed by atoms with E-state index in [0.717, 1.165) is 12.0 Å². The van der Waals surface area contributed by atoms with Gasteiger partial charge in [-0.15, -0.1) is 0 Å². The lowest BCUT2D eigenvalue weighted by atomic mass is 10.1. The summed E-state index contributed by atoms with van der Waals surface area (Å²) in [7, 11) is 1.57. The van der Waals surface area contributed by atoms with Crippen molar-refractivity contribution in [3.05, 3.63) is 53.1 Å². The van der Waals surface area contributed by atoms with Crippen LogP contribution in [0.2, 0.25) is 0 Å². The van der Waals surface area contributed by atoms with Crippen molar-refractivity contribution < 1.29 is 19.0 Å². The second kappa shape index (κ2) is 7.50. The highest BCUT2D eigenvalue weighted by molar-refractivity contribution is 5.79. The van der Waals surface area contributed by atoms with Crippen molar-refractivity contribution in [3.8, 4) is 17.2 Å². The van der Waals surface area contributed by atoms with E-state index in [2.05, 4.69) is 6.92 Å². The van der Waals surface area contributed by atoms with Gasteiger partial charge in [0.1, 0.15) is 30.5 Å². The molecule has 0 aliphatic rings. The average molecular weight is 300 g/mol. The Morgan fingerprint density at radius 1 is 0.909 bits per heavy atom. The Morgan fingerprint density at radius 2 is 1.64 bits per heavy atom. The monoisotopic (exact) mass is 300 g/mol. The first-order valence-electron chi connectivity index (χ1n) is 7.10. The van der Waals surface area contributed by atoms with Gasteiger partial charge < -0.3 is 14.2 Å². The van der Waals surface area contributed by atoms with Crippen molar-refractivity contribution in [1.82, 2.24) is 0 Å². The molecule has 0 atom stereocenters. The Balaban J connectivity index is 1.90. The summed E-state index contributed by atoms with van der Waals surface area (Å²) in [5, 5.41) is 0. The van der Waals surface area contributed by atoms with E-state index in [0.29, 0.717) is 30.3 Å². The number of aryl methyl sites for hydroxylation is 2. The van der Waals surface area contributed by atoms with Gasteiger partial charge in [0.25, 0.3) is 0 Å². The molecular formula is C18H20O4. The standard InChI is InChI=1S/C18H20O4/c1-13-4-6-17(10-14(13)2)21-8-9-22-18-11-16(20-3)7-5-15(18)12-19/h4-7,10-12H,8-9H2,1-3H3. The van der Waals surface area contributed by atoms with Crippen molar-refractivity contribution in [2.24, 2.45) is 0 Å². The van der Waals surface area contributed by atoms with Crippen LogP contribution in [-0.4, -0.2) is 26.6 Å². The fraction of sp³-hybridized carbons (Fsp3) is 0.278. The number of carbonyl (C=O) groups is 1. The zero-order valence-electron chi connectivity index (χ0n) is 13.1. The number of carbonyl (C=O) groups excluding carboxylic acids is 1. The molecule has 0 aliphatic carbocycles. The summed E-state index contributed by atoms with van der Waals surface area (Å²) in [6.45, 7) is 4.86. The van der Waals surface area contributed by atoms with Crippen molar-refractivity contribution in [3.63, 3.8) is 0 Å². The van der Waals surface area contributed by atoms with E-state index in [1.54, 1.807) is 25.3 Å². The third kappa shape index (κ3) is 4.01. The van der Waals surface area contributed by atoms with E-state index < -0.39 is 0 Å². The normalized spacial score (nSPS) is 10.1. The van der Waals surface area contributed by atoms with Gasteiger partial charge in [0.2, 0.25) is 0 Å². The molecule has 0 spiro atoms.